The van der Waals surface area contributed by atoms with E-state index < -0.39 is 66.1 Å². The number of nitrogens with one attached hydrogen (secondary N) is 1. The van der Waals surface area contributed by atoms with Crippen LogP contribution in [0.4, 0.5) is 23.2 Å². The van der Waals surface area contributed by atoms with Gasteiger partial charge in [0.05, 0.1) is 53.5 Å². The summed E-state index contributed by atoms with van der Waals surface area (Å²) < 4.78 is 63.3. The number of aryl methyl sites for hydroxylation is 1. The largest absolute Gasteiger partial charge is 0.504 e. The third-order valence-electron chi connectivity index (χ3n) is 8.75. The molecule has 1 saturated heterocycles. The second-order valence-corrected chi connectivity index (χ2v) is 12.5. The van der Waals surface area contributed by atoms with Crippen molar-refractivity contribution in [1.29, 1.82) is 0 Å². The highest BCUT2D eigenvalue weighted by Gasteiger charge is 2.39. The molecular formula is C32H31ClF4N8O6. The van der Waals surface area contributed by atoms with E-state index in [9.17, 15) is 37.8 Å². The molecule has 3 atom stereocenters. The maximum absolute atomic E-state index is 16.2. The standard InChI is InChI=1S/C32H31ClF4N8O6/c1-15-27(48)25(39-14-38-15)30(50)43-8-5-19(21(34)12-43)24-26(16(2)46)44(13-23(47)40-22-4-3-18(11-20(22)33)32(35,36)37)31-41-28(42-45(31)29(24)49)17-6-9-51-10-7-17/h3-4,6,11,14,16,19,21,46,48H,5,7-10,12-13H2,1-2H3,(H,40,47). The molecule has 1 fully saturated rings. The summed E-state index contributed by atoms with van der Waals surface area (Å²) in [6.45, 7) is 2.22. The van der Waals surface area contributed by atoms with Crippen molar-refractivity contribution in [2.45, 2.75) is 57.6 Å². The molecule has 0 spiro atoms. The molecule has 0 saturated carbocycles. The van der Waals surface area contributed by atoms with Gasteiger partial charge in [-0.3, -0.25) is 14.4 Å². The van der Waals surface area contributed by atoms with E-state index in [0.717, 1.165) is 27.9 Å². The predicted molar refractivity (Wildman–Crippen MR) is 173 cm³/mol. The normalized spacial score (nSPS) is 18.8. The second-order valence-electron chi connectivity index (χ2n) is 12.1. The van der Waals surface area contributed by atoms with Gasteiger partial charge in [0.15, 0.2) is 17.3 Å². The number of aromatic hydroxyl groups is 1. The summed E-state index contributed by atoms with van der Waals surface area (Å²) in [5.41, 5.74) is -1.80. The molecule has 3 unspecified atom stereocenters. The topological polar surface area (TPSA) is 177 Å². The van der Waals surface area contributed by atoms with Gasteiger partial charge >= 0.3 is 6.18 Å². The quantitative estimate of drug-likeness (QED) is 0.237. The van der Waals surface area contributed by atoms with Gasteiger partial charge in [-0.1, -0.05) is 17.7 Å². The minimum Gasteiger partial charge on any atom is -0.504 e. The van der Waals surface area contributed by atoms with Crippen LogP contribution in [-0.4, -0.2) is 88.5 Å². The van der Waals surface area contributed by atoms with Crippen LogP contribution in [0.25, 0.3) is 11.4 Å². The fraction of sp³-hybridized carbons (Fsp3) is 0.406. The van der Waals surface area contributed by atoms with Gasteiger partial charge in [-0.2, -0.15) is 22.7 Å². The number of anilines is 1. The van der Waals surface area contributed by atoms with Crippen LogP contribution in [0.3, 0.4) is 0 Å². The molecular weight excluding hydrogens is 704 g/mol. The SMILES string of the molecule is Cc1ncnc(C(=O)N2CCC(c3c(C(C)O)n(CC(=O)Nc4ccc(C(F)(F)F)cc4Cl)c4nc(C5=CCOCC5)nn4c3=O)C(F)C2)c1O. The molecule has 2 aliphatic heterocycles. The molecule has 3 N–H and O–H groups in total. The lowest BCUT2D eigenvalue weighted by Gasteiger charge is -2.35. The minimum absolute atomic E-state index is 0.0640. The number of benzene rings is 1. The highest BCUT2D eigenvalue weighted by Crippen LogP contribution is 2.36. The summed E-state index contributed by atoms with van der Waals surface area (Å²) in [6.07, 6.45) is -4.86. The molecule has 1 aromatic carbocycles. The van der Waals surface area contributed by atoms with Crippen molar-refractivity contribution in [2.24, 2.45) is 0 Å². The van der Waals surface area contributed by atoms with Crippen molar-refractivity contribution in [1.82, 2.24) is 34.0 Å². The molecule has 5 heterocycles. The van der Waals surface area contributed by atoms with E-state index in [1.165, 1.54) is 18.4 Å². The van der Waals surface area contributed by atoms with Gasteiger partial charge < -0.3 is 29.7 Å². The van der Waals surface area contributed by atoms with E-state index >= 15 is 4.39 Å². The van der Waals surface area contributed by atoms with Crippen LogP contribution in [0.1, 0.15) is 70.6 Å². The molecule has 3 aromatic heterocycles. The first-order valence-corrected chi connectivity index (χ1v) is 16.1. The number of rotatable bonds is 7. The Labute approximate surface area is 291 Å². The van der Waals surface area contributed by atoms with Crippen LogP contribution < -0.4 is 10.9 Å². The molecule has 51 heavy (non-hydrogen) atoms. The lowest BCUT2D eigenvalue weighted by molar-refractivity contribution is -0.137. The first kappa shape index (κ1) is 35.9. The van der Waals surface area contributed by atoms with Gasteiger partial charge in [-0.25, -0.2) is 14.4 Å². The van der Waals surface area contributed by atoms with Crippen molar-refractivity contribution in [3.8, 4) is 5.75 Å². The van der Waals surface area contributed by atoms with Gasteiger partial charge in [0.1, 0.15) is 19.0 Å². The number of piperidine rings is 1. The predicted octanol–water partition coefficient (Wildman–Crippen LogP) is 3.83. The zero-order chi connectivity index (χ0) is 36.8. The number of carbonyl (C=O) groups is 2. The lowest BCUT2D eigenvalue weighted by Crippen LogP contribution is -2.46. The maximum Gasteiger partial charge on any atom is 0.416 e. The van der Waals surface area contributed by atoms with Crippen LogP contribution in [0.15, 0.2) is 35.4 Å². The van der Waals surface area contributed by atoms with Crippen molar-refractivity contribution >= 4 is 40.5 Å². The fourth-order valence-corrected chi connectivity index (χ4v) is 6.45. The molecule has 0 aliphatic carbocycles. The third kappa shape index (κ3) is 7.02. The van der Waals surface area contributed by atoms with E-state index in [1.54, 1.807) is 6.08 Å². The highest BCUT2D eigenvalue weighted by atomic mass is 35.5. The molecule has 0 bridgehead atoms. The van der Waals surface area contributed by atoms with Gasteiger partial charge in [0, 0.05) is 18.0 Å². The molecule has 2 aliphatic rings. The van der Waals surface area contributed by atoms with E-state index in [0.29, 0.717) is 24.7 Å². The Hall–Kier alpha value is -4.94. The van der Waals surface area contributed by atoms with E-state index in [-0.39, 0.29) is 64.5 Å². The van der Waals surface area contributed by atoms with Gasteiger partial charge in [-0.05, 0) is 50.5 Å². The Balaban J connectivity index is 1.40. The van der Waals surface area contributed by atoms with Crippen LogP contribution in [-0.2, 0) is 22.3 Å². The third-order valence-corrected chi connectivity index (χ3v) is 9.06. The number of hydrogen-bond acceptors (Lipinski definition) is 10. The van der Waals surface area contributed by atoms with Crippen molar-refractivity contribution in [2.75, 3.05) is 31.6 Å². The summed E-state index contributed by atoms with van der Waals surface area (Å²) >= 11 is 6.07. The first-order valence-electron chi connectivity index (χ1n) is 15.7. The number of hydrogen-bond donors (Lipinski definition) is 3. The van der Waals surface area contributed by atoms with Crippen LogP contribution >= 0.6 is 11.6 Å². The van der Waals surface area contributed by atoms with Crippen molar-refractivity contribution < 1.29 is 42.1 Å². The van der Waals surface area contributed by atoms with E-state index in [1.807, 2.05) is 0 Å². The van der Waals surface area contributed by atoms with Gasteiger partial charge in [-0.15, -0.1) is 5.10 Å². The fourth-order valence-electron chi connectivity index (χ4n) is 6.23. The monoisotopic (exact) mass is 734 g/mol. The number of likely N-dealkylation sites (tertiary alicyclic amines) is 1. The van der Waals surface area contributed by atoms with Gasteiger partial charge in [0.25, 0.3) is 11.5 Å². The molecule has 6 rings (SSSR count). The Bertz CT molecular complexity index is 2120. The molecule has 14 nitrogen and oxygen atoms in total. The van der Waals surface area contributed by atoms with E-state index in [2.05, 4.69) is 25.4 Å². The summed E-state index contributed by atoms with van der Waals surface area (Å²) in [5, 5.41) is 27.9. The summed E-state index contributed by atoms with van der Waals surface area (Å²) in [7, 11) is 0. The summed E-state index contributed by atoms with van der Waals surface area (Å²) in [6, 6.07) is 2.39. The van der Waals surface area contributed by atoms with Crippen molar-refractivity contribution in [3.05, 3.63) is 80.0 Å². The number of carbonyl (C=O) groups excluding carboxylic acids is 2. The second kappa shape index (κ2) is 14.0. The zero-order valence-electron chi connectivity index (χ0n) is 27.1. The number of aliphatic hydroxyl groups excluding tert-OH is 1. The minimum atomic E-state index is -4.67. The Morgan fingerprint density at radius 3 is 2.65 bits per heavy atom. The lowest BCUT2D eigenvalue weighted by atomic mass is 9.86. The van der Waals surface area contributed by atoms with E-state index in [4.69, 9.17) is 16.3 Å². The van der Waals surface area contributed by atoms with Crippen molar-refractivity contribution in [3.63, 3.8) is 0 Å². The Morgan fingerprint density at radius 2 is 2.00 bits per heavy atom. The molecule has 0 radical (unpaired) electrons. The number of ether oxygens (including phenoxy) is 1. The molecule has 270 valence electrons. The number of amides is 2. The number of halogens is 5. The van der Waals surface area contributed by atoms with Crippen LogP contribution in [0.2, 0.25) is 5.02 Å². The number of nitrogens with zero attached hydrogens (tertiary/aromatic N) is 7. The summed E-state index contributed by atoms with van der Waals surface area (Å²) in [5.74, 6) is -3.21. The van der Waals surface area contributed by atoms with Crippen LogP contribution in [0.5, 0.6) is 5.75 Å². The number of aliphatic hydroxyl groups is 1. The van der Waals surface area contributed by atoms with Gasteiger partial charge in [0.2, 0.25) is 11.7 Å². The summed E-state index contributed by atoms with van der Waals surface area (Å²) in [4.78, 5) is 54.2. The molecule has 2 amide bonds. The number of aromatic nitrogens is 6. The average molecular weight is 735 g/mol. The first-order chi connectivity index (χ1) is 24.1. The molecule has 4 aromatic rings. The zero-order valence-corrected chi connectivity index (χ0v) is 27.9. The Kier molecular flexibility index (Phi) is 9.84. The van der Waals surface area contributed by atoms with Crippen LogP contribution in [0, 0.1) is 6.92 Å². The highest BCUT2D eigenvalue weighted by molar-refractivity contribution is 6.33. The average Bonchev–Trinajstić information content (AvgIpc) is 3.54. The Morgan fingerprint density at radius 1 is 1.24 bits per heavy atom. The molecule has 19 heteroatoms. The number of fused-ring (bicyclic) bond motifs is 1. The smallest absolute Gasteiger partial charge is 0.416 e. The number of alkyl halides is 4. The maximum atomic E-state index is 16.2.